The van der Waals surface area contributed by atoms with Crippen LogP contribution in [0, 0.1) is 23.7 Å². The number of carbonyl (C=O) groups is 3. The quantitative estimate of drug-likeness (QED) is 0.0695. The van der Waals surface area contributed by atoms with E-state index < -0.39 is 48.5 Å². The molecule has 0 spiro atoms. The van der Waals surface area contributed by atoms with E-state index in [1.165, 1.54) is 14.2 Å². The molecule has 0 aromatic carbocycles. The highest BCUT2D eigenvalue weighted by molar-refractivity contribution is 7.54. The number of hydrogen-bond acceptors (Lipinski definition) is 12. The van der Waals surface area contributed by atoms with E-state index in [0.29, 0.717) is 32.8 Å². The lowest BCUT2D eigenvalue weighted by molar-refractivity contribution is -0.197. The Balaban J connectivity index is 1.66. The van der Waals surface area contributed by atoms with Gasteiger partial charge >= 0.3 is 7.60 Å². The van der Waals surface area contributed by atoms with Crippen molar-refractivity contribution in [1.29, 1.82) is 0 Å². The zero-order valence-electron chi connectivity index (χ0n) is 37.1. The lowest BCUT2D eigenvalue weighted by atomic mass is 9.86. The Kier molecular flexibility index (Phi) is 17.4. The van der Waals surface area contributed by atoms with Gasteiger partial charge in [0.25, 0.3) is 0 Å². The summed E-state index contributed by atoms with van der Waals surface area (Å²) in [6.45, 7) is 23.8. The third-order valence-corrected chi connectivity index (χ3v) is 24.5. The fourth-order valence-corrected chi connectivity index (χ4v) is 10.9. The summed E-state index contributed by atoms with van der Waals surface area (Å²) in [5, 5.41) is -0.0865. The van der Waals surface area contributed by atoms with E-state index in [4.69, 9.17) is 36.8 Å². The molecule has 2 unspecified atom stereocenters. The third kappa shape index (κ3) is 13.3. The second-order valence-corrected chi connectivity index (χ2v) is 31.7. The highest BCUT2D eigenvalue weighted by atomic mass is 31.2. The summed E-state index contributed by atoms with van der Waals surface area (Å²) in [6.07, 6.45) is 5.82. The molecule has 57 heavy (non-hydrogen) atoms. The Bertz CT molecular complexity index is 1430. The summed E-state index contributed by atoms with van der Waals surface area (Å²) in [5.74, 6) is -2.08. The van der Waals surface area contributed by atoms with E-state index in [1.54, 1.807) is 6.08 Å². The molecule has 2 heterocycles. The van der Waals surface area contributed by atoms with Crippen LogP contribution in [0.25, 0.3) is 0 Å². The second kappa shape index (κ2) is 20.3. The molecule has 2 saturated heterocycles. The van der Waals surface area contributed by atoms with Crippen molar-refractivity contribution in [1.82, 2.24) is 0 Å². The minimum absolute atomic E-state index is 0.00396. The van der Waals surface area contributed by atoms with Crippen LogP contribution in [0.4, 0.5) is 0 Å². The zero-order valence-corrected chi connectivity index (χ0v) is 40.0. The maximum Gasteiger partial charge on any atom is 0.337 e. The van der Waals surface area contributed by atoms with Gasteiger partial charge in [-0.3, -0.25) is 18.9 Å². The molecule has 4 aliphatic rings. The fraction of sp³-hybridized carbons (Fsp3) is 0.881. The van der Waals surface area contributed by atoms with Gasteiger partial charge in [0.1, 0.15) is 17.7 Å². The average molecular weight is 859 g/mol. The highest BCUT2D eigenvalue weighted by Gasteiger charge is 2.49. The van der Waals surface area contributed by atoms with Gasteiger partial charge in [-0.15, -0.1) is 0 Å². The van der Waals surface area contributed by atoms with E-state index >= 15 is 0 Å². The van der Waals surface area contributed by atoms with Gasteiger partial charge in [-0.2, -0.15) is 0 Å². The smallest absolute Gasteiger partial charge is 0.337 e. The van der Waals surface area contributed by atoms with Crippen LogP contribution in [-0.4, -0.2) is 106 Å². The summed E-state index contributed by atoms with van der Waals surface area (Å²) in [4.78, 5) is 41.9. The topological polar surface area (TPSA) is 142 Å². The molecular formula is C42H75O12PSi2. The highest BCUT2D eigenvalue weighted by Crippen LogP contribution is 2.49. The molecule has 4 rings (SSSR count). The average Bonchev–Trinajstić information content (AvgIpc) is 3.59. The molecule has 12 nitrogen and oxygen atoms in total. The molecule has 2 saturated carbocycles. The fourth-order valence-electron chi connectivity index (χ4n) is 7.81. The first-order valence-electron chi connectivity index (χ1n) is 21.3. The first kappa shape index (κ1) is 48.8. The normalized spacial score (nSPS) is 30.3. The molecule has 2 aliphatic heterocycles. The van der Waals surface area contributed by atoms with Crippen LogP contribution in [0.15, 0.2) is 11.6 Å². The van der Waals surface area contributed by atoms with Gasteiger partial charge in [-0.25, -0.2) is 0 Å². The molecule has 2 aliphatic carbocycles. The number of allylic oxidation sites excluding steroid dienone is 1. The van der Waals surface area contributed by atoms with Gasteiger partial charge < -0.3 is 36.8 Å². The first-order valence-corrected chi connectivity index (χ1v) is 28.8. The summed E-state index contributed by atoms with van der Waals surface area (Å²) >= 11 is 0. The molecule has 15 heteroatoms. The lowest BCUT2D eigenvalue weighted by Crippen LogP contribution is -2.44. The van der Waals surface area contributed by atoms with Crippen LogP contribution < -0.4 is 0 Å². The van der Waals surface area contributed by atoms with E-state index in [-0.39, 0.29) is 77.1 Å². The van der Waals surface area contributed by atoms with Crippen LogP contribution in [0.2, 0.25) is 36.3 Å². The van der Waals surface area contributed by atoms with Gasteiger partial charge in [-0.1, -0.05) is 47.1 Å². The maximum atomic E-state index is 14.3. The SMILES string of the molecule is COP(=O)(CC(=O)C[C@H]1/C(=C/C(=O)C[C@H]2C(=O)C[C@@H](OC3CCCCO3)[C@@H]2CO[Si](C)(C)C(C)(C)C)C[C@@H](OC2CCCCO2)[C@@H]1CO[Si](C)(C)C(C)(C)C)OC. The molecule has 328 valence electrons. The summed E-state index contributed by atoms with van der Waals surface area (Å²) in [7, 11) is -5.51. The monoisotopic (exact) mass is 858 g/mol. The van der Waals surface area contributed by atoms with Crippen molar-refractivity contribution in [3.05, 3.63) is 11.6 Å². The summed E-state index contributed by atoms with van der Waals surface area (Å²) in [5.41, 5.74) is 0.769. The molecule has 4 fully saturated rings. The van der Waals surface area contributed by atoms with E-state index in [9.17, 15) is 18.9 Å². The van der Waals surface area contributed by atoms with Gasteiger partial charge in [0.15, 0.2) is 35.0 Å². The Hall–Kier alpha value is -0.906. The number of ketones is 3. The zero-order chi connectivity index (χ0) is 42.4. The van der Waals surface area contributed by atoms with Crippen LogP contribution in [0.3, 0.4) is 0 Å². The van der Waals surface area contributed by atoms with Crippen molar-refractivity contribution in [2.24, 2.45) is 23.7 Å². The van der Waals surface area contributed by atoms with E-state index in [2.05, 4.69) is 67.7 Å². The number of ether oxygens (including phenoxy) is 4. The van der Waals surface area contributed by atoms with Crippen molar-refractivity contribution >= 4 is 41.6 Å². The lowest BCUT2D eigenvalue weighted by Gasteiger charge is -2.38. The Labute approximate surface area is 345 Å². The Morgan fingerprint density at radius 2 is 1.21 bits per heavy atom. The molecule has 0 N–H and O–H groups in total. The number of carbonyl (C=O) groups excluding carboxylic acids is 3. The second-order valence-electron chi connectivity index (χ2n) is 19.8. The minimum Gasteiger partial charge on any atom is -0.416 e. The predicted molar refractivity (Wildman–Crippen MR) is 225 cm³/mol. The Morgan fingerprint density at radius 1 is 0.737 bits per heavy atom. The van der Waals surface area contributed by atoms with Gasteiger partial charge in [0.05, 0.1) is 12.2 Å². The molecule has 0 radical (unpaired) electrons. The van der Waals surface area contributed by atoms with E-state index in [1.807, 2.05) is 0 Å². The third-order valence-electron chi connectivity index (χ3n) is 13.7. The first-order chi connectivity index (χ1) is 26.5. The molecule has 8 atom stereocenters. The van der Waals surface area contributed by atoms with Crippen molar-refractivity contribution in [3.8, 4) is 0 Å². The van der Waals surface area contributed by atoms with Gasteiger partial charge in [0, 0.05) is 77.7 Å². The molecule has 0 amide bonds. The Morgan fingerprint density at radius 3 is 1.65 bits per heavy atom. The number of rotatable bonds is 19. The van der Waals surface area contributed by atoms with Crippen LogP contribution in [0.5, 0.6) is 0 Å². The standard InChI is InChI=1S/C42H75O12PSi2/c1-41(2,3)56(9,10)51-26-34-32(24-31(44)28-55(46,47-7)48-8)29(22-37(34)53-39-17-13-15-19-49-39)21-30(43)23-33-35(27-52-57(11,12)42(4,5)6)38(25-36(33)45)54-40-18-14-16-20-50-40/h21,32-35,37-40H,13-20,22-28H2,1-12H3/b29-21+/t32-,33+,34+,35+,37+,38+,39?,40?/m0/s1. The van der Waals surface area contributed by atoms with Crippen LogP contribution >= 0.6 is 7.60 Å². The maximum absolute atomic E-state index is 14.3. The molecular weight excluding hydrogens is 784 g/mol. The van der Waals surface area contributed by atoms with Crippen LogP contribution in [0.1, 0.15) is 106 Å². The van der Waals surface area contributed by atoms with Gasteiger partial charge in [0.2, 0.25) is 0 Å². The largest absolute Gasteiger partial charge is 0.416 e. The van der Waals surface area contributed by atoms with E-state index in [0.717, 1.165) is 44.1 Å². The van der Waals surface area contributed by atoms with Crippen LogP contribution in [-0.2, 0) is 55.8 Å². The van der Waals surface area contributed by atoms with Gasteiger partial charge in [-0.05, 0) is 93.2 Å². The molecule has 0 bridgehead atoms. The van der Waals surface area contributed by atoms with Crippen molar-refractivity contribution < 1.29 is 55.8 Å². The number of hydrogen-bond donors (Lipinski definition) is 0. The van der Waals surface area contributed by atoms with Crippen molar-refractivity contribution in [2.75, 3.05) is 46.8 Å². The van der Waals surface area contributed by atoms with Crippen molar-refractivity contribution in [3.63, 3.8) is 0 Å². The molecule has 0 aromatic rings. The minimum atomic E-state index is -3.63. The number of Topliss-reactive ketones (excluding diaryl/α,β-unsaturated/α-hetero) is 2. The predicted octanol–water partition coefficient (Wildman–Crippen LogP) is 9.03. The summed E-state index contributed by atoms with van der Waals surface area (Å²) in [6, 6.07) is 0. The molecule has 0 aromatic heterocycles. The summed E-state index contributed by atoms with van der Waals surface area (Å²) < 4.78 is 61.9. The van der Waals surface area contributed by atoms with Crippen molar-refractivity contribution in [2.45, 2.75) is 167 Å².